The zero-order chi connectivity index (χ0) is 11.7. The van der Waals surface area contributed by atoms with Crippen molar-refractivity contribution in [1.82, 2.24) is 4.98 Å². The van der Waals surface area contributed by atoms with E-state index in [-0.39, 0.29) is 11.1 Å². The van der Waals surface area contributed by atoms with Crippen LogP contribution in [-0.2, 0) is 12.8 Å². The molecule has 1 aliphatic rings. The largest absolute Gasteiger partial charge is 0.478 e. The van der Waals surface area contributed by atoms with Crippen LogP contribution in [0.4, 0.5) is 0 Å². The van der Waals surface area contributed by atoms with Crippen LogP contribution in [0.5, 0.6) is 0 Å². The molecule has 2 N–H and O–H groups in total. The van der Waals surface area contributed by atoms with Gasteiger partial charge in [-0.25, -0.2) is 9.59 Å². The molecule has 1 aromatic rings. The van der Waals surface area contributed by atoms with Crippen molar-refractivity contribution in [2.75, 3.05) is 0 Å². The first-order chi connectivity index (χ1) is 7.61. The Morgan fingerprint density at radius 3 is 2.44 bits per heavy atom. The molecule has 0 amide bonds. The molecule has 16 heavy (non-hydrogen) atoms. The SMILES string of the molecule is O=C(O)c1cnc2c(c1C(=O)O)CCCC2. The van der Waals surface area contributed by atoms with Gasteiger partial charge in [-0.2, -0.15) is 0 Å². The van der Waals surface area contributed by atoms with Gasteiger partial charge in [0.25, 0.3) is 0 Å². The van der Waals surface area contributed by atoms with Crippen molar-refractivity contribution in [3.05, 3.63) is 28.6 Å². The Labute approximate surface area is 91.7 Å². The highest BCUT2D eigenvalue weighted by Gasteiger charge is 2.25. The smallest absolute Gasteiger partial charge is 0.338 e. The number of aromatic carboxylic acids is 2. The van der Waals surface area contributed by atoms with Gasteiger partial charge in [0.1, 0.15) is 0 Å². The van der Waals surface area contributed by atoms with E-state index >= 15 is 0 Å². The van der Waals surface area contributed by atoms with Gasteiger partial charge in [0.05, 0.1) is 11.1 Å². The molecule has 0 atom stereocenters. The Hall–Kier alpha value is -1.91. The third-order valence-corrected chi connectivity index (χ3v) is 2.80. The van der Waals surface area contributed by atoms with Crippen LogP contribution in [0.25, 0.3) is 0 Å². The third kappa shape index (κ3) is 1.64. The van der Waals surface area contributed by atoms with Crippen molar-refractivity contribution >= 4 is 11.9 Å². The van der Waals surface area contributed by atoms with Crippen molar-refractivity contribution in [2.45, 2.75) is 25.7 Å². The normalized spacial score (nSPS) is 14.2. The molecule has 2 rings (SSSR count). The Morgan fingerprint density at radius 2 is 1.81 bits per heavy atom. The topological polar surface area (TPSA) is 87.5 Å². The number of aromatic nitrogens is 1. The summed E-state index contributed by atoms with van der Waals surface area (Å²) in [5.74, 6) is -2.42. The minimum atomic E-state index is -1.24. The average Bonchev–Trinajstić information content (AvgIpc) is 2.27. The summed E-state index contributed by atoms with van der Waals surface area (Å²) in [6.45, 7) is 0. The second kappa shape index (κ2) is 3.92. The van der Waals surface area contributed by atoms with E-state index in [0.717, 1.165) is 31.2 Å². The minimum absolute atomic E-state index is 0.0859. The maximum absolute atomic E-state index is 11.1. The predicted molar refractivity (Wildman–Crippen MR) is 54.8 cm³/mol. The number of carbonyl (C=O) groups is 2. The van der Waals surface area contributed by atoms with Crippen LogP contribution in [0.1, 0.15) is 44.8 Å². The molecular formula is C11H11NO4. The number of aryl methyl sites for hydroxylation is 1. The molecule has 0 saturated carbocycles. The first kappa shape index (κ1) is 10.6. The maximum Gasteiger partial charge on any atom is 0.338 e. The summed E-state index contributed by atoms with van der Waals surface area (Å²) in [6.07, 6.45) is 4.35. The first-order valence-corrected chi connectivity index (χ1v) is 5.08. The Morgan fingerprint density at radius 1 is 1.12 bits per heavy atom. The standard InChI is InChI=1S/C11H11NO4/c13-10(14)7-5-12-8-4-2-1-3-6(8)9(7)11(15)16/h5H,1-4H2,(H,13,14)(H,15,16). The van der Waals surface area contributed by atoms with Gasteiger partial charge < -0.3 is 10.2 Å². The summed E-state index contributed by atoms with van der Waals surface area (Å²) < 4.78 is 0. The maximum atomic E-state index is 11.1. The van der Waals surface area contributed by atoms with E-state index in [1.165, 1.54) is 0 Å². The van der Waals surface area contributed by atoms with Crippen LogP contribution >= 0.6 is 0 Å². The Kier molecular flexibility index (Phi) is 2.60. The molecule has 0 fully saturated rings. The van der Waals surface area contributed by atoms with Gasteiger partial charge in [-0.15, -0.1) is 0 Å². The van der Waals surface area contributed by atoms with Gasteiger partial charge >= 0.3 is 11.9 Å². The summed E-state index contributed by atoms with van der Waals surface area (Å²) in [7, 11) is 0. The number of pyridine rings is 1. The number of rotatable bonds is 2. The fourth-order valence-electron chi connectivity index (χ4n) is 2.08. The number of fused-ring (bicyclic) bond motifs is 1. The second-order valence-corrected chi connectivity index (χ2v) is 3.79. The zero-order valence-corrected chi connectivity index (χ0v) is 8.56. The molecule has 0 spiro atoms. The molecule has 1 aliphatic carbocycles. The molecule has 0 aromatic carbocycles. The van der Waals surface area contributed by atoms with E-state index < -0.39 is 11.9 Å². The molecule has 0 aliphatic heterocycles. The molecule has 84 valence electrons. The number of carboxylic acid groups (broad SMARTS) is 2. The highest BCUT2D eigenvalue weighted by atomic mass is 16.4. The molecule has 1 heterocycles. The summed E-state index contributed by atoms with van der Waals surface area (Å²) in [5, 5.41) is 18.0. The van der Waals surface area contributed by atoms with Gasteiger partial charge in [-0.05, 0) is 31.2 Å². The second-order valence-electron chi connectivity index (χ2n) is 3.79. The predicted octanol–water partition coefficient (Wildman–Crippen LogP) is 1.36. The van der Waals surface area contributed by atoms with Crippen LogP contribution in [0.3, 0.4) is 0 Å². The van der Waals surface area contributed by atoms with E-state index in [1.807, 2.05) is 0 Å². The fourth-order valence-corrected chi connectivity index (χ4v) is 2.08. The van der Waals surface area contributed by atoms with Crippen molar-refractivity contribution in [2.24, 2.45) is 0 Å². The molecule has 0 radical (unpaired) electrons. The Balaban J connectivity index is 2.66. The van der Waals surface area contributed by atoms with Crippen LogP contribution in [0.2, 0.25) is 0 Å². The van der Waals surface area contributed by atoms with Gasteiger partial charge in [0, 0.05) is 11.9 Å². The summed E-state index contributed by atoms with van der Waals surface area (Å²) in [5.41, 5.74) is 1.03. The molecular weight excluding hydrogens is 210 g/mol. The van der Waals surface area contributed by atoms with Crippen LogP contribution in [0, 0.1) is 0 Å². The van der Waals surface area contributed by atoms with E-state index in [1.54, 1.807) is 0 Å². The Bertz CT molecular complexity index is 467. The molecule has 5 heteroatoms. The minimum Gasteiger partial charge on any atom is -0.478 e. The van der Waals surface area contributed by atoms with E-state index in [4.69, 9.17) is 10.2 Å². The highest BCUT2D eigenvalue weighted by molar-refractivity contribution is 6.02. The number of carboxylic acids is 2. The molecule has 0 unspecified atom stereocenters. The van der Waals surface area contributed by atoms with E-state index in [9.17, 15) is 9.59 Å². The number of hydrogen-bond acceptors (Lipinski definition) is 3. The lowest BCUT2D eigenvalue weighted by atomic mass is 9.90. The monoisotopic (exact) mass is 221 g/mol. The average molecular weight is 221 g/mol. The van der Waals surface area contributed by atoms with Gasteiger partial charge in [-0.3, -0.25) is 4.98 Å². The van der Waals surface area contributed by atoms with Gasteiger partial charge in [0.2, 0.25) is 0 Å². The van der Waals surface area contributed by atoms with Gasteiger partial charge in [-0.1, -0.05) is 0 Å². The lowest BCUT2D eigenvalue weighted by Crippen LogP contribution is -2.17. The fraction of sp³-hybridized carbons (Fsp3) is 0.364. The molecule has 0 bridgehead atoms. The van der Waals surface area contributed by atoms with Crippen molar-refractivity contribution in [1.29, 1.82) is 0 Å². The van der Waals surface area contributed by atoms with Crippen molar-refractivity contribution in [3.63, 3.8) is 0 Å². The van der Waals surface area contributed by atoms with E-state index in [0.29, 0.717) is 12.0 Å². The third-order valence-electron chi connectivity index (χ3n) is 2.80. The zero-order valence-electron chi connectivity index (χ0n) is 8.56. The van der Waals surface area contributed by atoms with E-state index in [2.05, 4.69) is 4.98 Å². The van der Waals surface area contributed by atoms with Crippen LogP contribution < -0.4 is 0 Å². The number of nitrogens with zero attached hydrogens (tertiary/aromatic N) is 1. The molecule has 5 nitrogen and oxygen atoms in total. The van der Waals surface area contributed by atoms with Crippen LogP contribution in [0.15, 0.2) is 6.20 Å². The summed E-state index contributed by atoms with van der Waals surface area (Å²) >= 11 is 0. The summed E-state index contributed by atoms with van der Waals surface area (Å²) in [6, 6.07) is 0. The molecule has 0 saturated heterocycles. The van der Waals surface area contributed by atoms with Crippen LogP contribution in [-0.4, -0.2) is 27.1 Å². The highest BCUT2D eigenvalue weighted by Crippen LogP contribution is 2.25. The first-order valence-electron chi connectivity index (χ1n) is 5.08. The lowest BCUT2D eigenvalue weighted by molar-refractivity contribution is 0.0649. The van der Waals surface area contributed by atoms with Crippen molar-refractivity contribution < 1.29 is 19.8 Å². The summed E-state index contributed by atoms with van der Waals surface area (Å²) in [4.78, 5) is 26.1. The number of hydrogen-bond donors (Lipinski definition) is 2. The molecule has 1 aromatic heterocycles. The lowest BCUT2D eigenvalue weighted by Gasteiger charge is -2.17. The quantitative estimate of drug-likeness (QED) is 0.787. The van der Waals surface area contributed by atoms with Crippen molar-refractivity contribution in [3.8, 4) is 0 Å². The van der Waals surface area contributed by atoms with Gasteiger partial charge in [0.15, 0.2) is 0 Å².